The number of carbonyl (C=O) groups excluding carboxylic acids is 1. The fourth-order valence-electron chi connectivity index (χ4n) is 1.76. The fourth-order valence-corrected chi connectivity index (χ4v) is 1.76. The Morgan fingerprint density at radius 1 is 1.58 bits per heavy atom. The van der Waals surface area contributed by atoms with Gasteiger partial charge < -0.3 is 4.90 Å². The summed E-state index contributed by atoms with van der Waals surface area (Å²) in [7, 11) is 0. The van der Waals surface area contributed by atoms with Crippen molar-refractivity contribution in [2.75, 3.05) is 19.6 Å². The molecule has 0 bridgehead atoms. The van der Waals surface area contributed by atoms with Crippen molar-refractivity contribution in [3.8, 4) is 0 Å². The van der Waals surface area contributed by atoms with Gasteiger partial charge in [0.05, 0.1) is 0 Å². The molecular weight excluding hydrogens is 150 g/mol. The standard InChI is InChI=1S/C10H19NO/c1-3-10-5-7-11(8-10)6-4-9(2)12/h10H,3-8H2,1-2H3. The first-order valence-electron chi connectivity index (χ1n) is 4.94. The minimum atomic E-state index is 0.315. The molecule has 0 aliphatic carbocycles. The van der Waals surface area contributed by atoms with E-state index in [0.29, 0.717) is 5.78 Å². The predicted octanol–water partition coefficient (Wildman–Crippen LogP) is 1.70. The zero-order chi connectivity index (χ0) is 8.97. The van der Waals surface area contributed by atoms with Crippen molar-refractivity contribution >= 4 is 5.78 Å². The summed E-state index contributed by atoms with van der Waals surface area (Å²) in [6, 6.07) is 0. The molecule has 0 radical (unpaired) electrons. The molecule has 0 amide bonds. The molecule has 2 nitrogen and oxygen atoms in total. The second-order valence-corrected chi connectivity index (χ2v) is 3.82. The van der Waals surface area contributed by atoms with Crippen LogP contribution in [0.4, 0.5) is 0 Å². The summed E-state index contributed by atoms with van der Waals surface area (Å²) in [4.78, 5) is 13.1. The van der Waals surface area contributed by atoms with Crippen LogP contribution in [0.15, 0.2) is 0 Å². The van der Waals surface area contributed by atoms with E-state index in [9.17, 15) is 4.79 Å². The molecule has 1 fully saturated rings. The van der Waals surface area contributed by atoms with Crippen LogP contribution >= 0.6 is 0 Å². The van der Waals surface area contributed by atoms with Crippen LogP contribution in [0.25, 0.3) is 0 Å². The number of rotatable bonds is 4. The van der Waals surface area contributed by atoms with Gasteiger partial charge in [-0.05, 0) is 25.8 Å². The largest absolute Gasteiger partial charge is 0.303 e. The maximum absolute atomic E-state index is 10.7. The van der Waals surface area contributed by atoms with Crippen molar-refractivity contribution in [3.63, 3.8) is 0 Å². The van der Waals surface area contributed by atoms with Crippen molar-refractivity contribution in [3.05, 3.63) is 0 Å². The molecule has 1 saturated heterocycles. The van der Waals surface area contributed by atoms with Crippen molar-refractivity contribution in [1.29, 1.82) is 0 Å². The van der Waals surface area contributed by atoms with Gasteiger partial charge in [0.25, 0.3) is 0 Å². The van der Waals surface area contributed by atoms with E-state index in [0.717, 1.165) is 18.9 Å². The number of likely N-dealkylation sites (tertiary alicyclic amines) is 1. The molecule has 1 atom stereocenters. The second-order valence-electron chi connectivity index (χ2n) is 3.82. The monoisotopic (exact) mass is 169 g/mol. The van der Waals surface area contributed by atoms with Crippen LogP contribution in [-0.2, 0) is 4.79 Å². The van der Waals surface area contributed by atoms with E-state index in [1.54, 1.807) is 6.92 Å². The van der Waals surface area contributed by atoms with Crippen molar-refractivity contribution in [2.45, 2.75) is 33.1 Å². The number of hydrogen-bond acceptors (Lipinski definition) is 2. The highest BCUT2D eigenvalue weighted by atomic mass is 16.1. The third-order valence-corrected chi connectivity index (χ3v) is 2.73. The number of nitrogens with zero attached hydrogens (tertiary/aromatic N) is 1. The smallest absolute Gasteiger partial charge is 0.131 e. The maximum Gasteiger partial charge on any atom is 0.131 e. The van der Waals surface area contributed by atoms with Gasteiger partial charge in [0.1, 0.15) is 5.78 Å². The van der Waals surface area contributed by atoms with Gasteiger partial charge in [-0.15, -0.1) is 0 Å². The van der Waals surface area contributed by atoms with Crippen LogP contribution in [0.1, 0.15) is 33.1 Å². The second kappa shape index (κ2) is 4.61. The molecule has 0 aromatic heterocycles. The minimum Gasteiger partial charge on any atom is -0.303 e. The van der Waals surface area contributed by atoms with Gasteiger partial charge in [-0.1, -0.05) is 13.3 Å². The molecule has 0 aromatic rings. The van der Waals surface area contributed by atoms with E-state index < -0.39 is 0 Å². The Labute approximate surface area is 74.9 Å². The highest BCUT2D eigenvalue weighted by Crippen LogP contribution is 2.18. The van der Waals surface area contributed by atoms with Gasteiger partial charge in [-0.25, -0.2) is 0 Å². The molecule has 0 spiro atoms. The predicted molar refractivity (Wildman–Crippen MR) is 50.1 cm³/mol. The molecule has 0 saturated carbocycles. The summed E-state index contributed by atoms with van der Waals surface area (Å²) in [5, 5.41) is 0. The van der Waals surface area contributed by atoms with Gasteiger partial charge in [0.15, 0.2) is 0 Å². The molecule has 12 heavy (non-hydrogen) atoms. The average molecular weight is 169 g/mol. The molecule has 1 aliphatic heterocycles. The van der Waals surface area contributed by atoms with E-state index in [2.05, 4.69) is 11.8 Å². The molecule has 1 rings (SSSR count). The minimum absolute atomic E-state index is 0.315. The molecule has 70 valence electrons. The molecule has 0 N–H and O–H groups in total. The fraction of sp³-hybridized carbons (Fsp3) is 0.900. The van der Waals surface area contributed by atoms with Gasteiger partial charge in [-0.2, -0.15) is 0 Å². The Bertz CT molecular complexity index is 156. The summed E-state index contributed by atoms with van der Waals surface area (Å²) in [6.07, 6.45) is 3.35. The highest BCUT2D eigenvalue weighted by Gasteiger charge is 2.20. The van der Waals surface area contributed by atoms with E-state index in [4.69, 9.17) is 0 Å². The number of ketones is 1. The normalized spacial score (nSPS) is 24.7. The molecule has 1 heterocycles. The van der Waals surface area contributed by atoms with Gasteiger partial charge in [0, 0.05) is 19.5 Å². The molecule has 1 aliphatic rings. The SMILES string of the molecule is CCC1CCN(CCC(C)=O)C1. The third-order valence-electron chi connectivity index (χ3n) is 2.73. The first-order chi connectivity index (χ1) is 5.72. The summed E-state index contributed by atoms with van der Waals surface area (Å²) in [5.41, 5.74) is 0. The van der Waals surface area contributed by atoms with Crippen molar-refractivity contribution in [1.82, 2.24) is 4.90 Å². The van der Waals surface area contributed by atoms with Crippen molar-refractivity contribution in [2.24, 2.45) is 5.92 Å². The highest BCUT2D eigenvalue weighted by molar-refractivity contribution is 5.75. The van der Waals surface area contributed by atoms with E-state index >= 15 is 0 Å². The molecule has 0 aromatic carbocycles. The lowest BCUT2D eigenvalue weighted by molar-refractivity contribution is -0.117. The van der Waals surface area contributed by atoms with Crippen LogP contribution in [0, 0.1) is 5.92 Å². The summed E-state index contributed by atoms with van der Waals surface area (Å²) >= 11 is 0. The summed E-state index contributed by atoms with van der Waals surface area (Å²) in [6.45, 7) is 7.31. The third kappa shape index (κ3) is 2.94. The number of Topliss-reactive ketones (excluding diaryl/α,β-unsaturated/α-hetero) is 1. The molecule has 1 unspecified atom stereocenters. The number of hydrogen-bond donors (Lipinski definition) is 0. The Morgan fingerprint density at radius 2 is 2.33 bits per heavy atom. The van der Waals surface area contributed by atoms with Crippen LogP contribution in [0.5, 0.6) is 0 Å². The van der Waals surface area contributed by atoms with Gasteiger partial charge >= 0.3 is 0 Å². The number of carbonyl (C=O) groups is 1. The van der Waals surface area contributed by atoms with Crippen LogP contribution < -0.4 is 0 Å². The lowest BCUT2D eigenvalue weighted by Crippen LogP contribution is -2.23. The molecule has 2 heteroatoms. The quantitative estimate of drug-likeness (QED) is 0.638. The van der Waals surface area contributed by atoms with E-state index in [1.165, 1.54) is 25.9 Å². The van der Waals surface area contributed by atoms with E-state index in [-0.39, 0.29) is 0 Å². The summed E-state index contributed by atoms with van der Waals surface area (Å²) in [5.74, 6) is 1.20. The molecular formula is C10H19NO. The first kappa shape index (κ1) is 9.72. The average Bonchev–Trinajstić information content (AvgIpc) is 2.48. The van der Waals surface area contributed by atoms with Gasteiger partial charge in [0.2, 0.25) is 0 Å². The van der Waals surface area contributed by atoms with Crippen LogP contribution in [0.3, 0.4) is 0 Å². The van der Waals surface area contributed by atoms with Crippen LogP contribution in [0.2, 0.25) is 0 Å². The Hall–Kier alpha value is -0.370. The maximum atomic E-state index is 10.7. The Morgan fingerprint density at radius 3 is 2.83 bits per heavy atom. The van der Waals surface area contributed by atoms with Gasteiger partial charge in [-0.3, -0.25) is 4.79 Å². The van der Waals surface area contributed by atoms with Crippen molar-refractivity contribution < 1.29 is 4.79 Å². The Balaban J connectivity index is 2.15. The van der Waals surface area contributed by atoms with Crippen LogP contribution in [-0.4, -0.2) is 30.3 Å². The summed E-state index contributed by atoms with van der Waals surface area (Å²) < 4.78 is 0. The lowest BCUT2D eigenvalue weighted by atomic mass is 10.1. The Kier molecular flexibility index (Phi) is 3.73. The van der Waals surface area contributed by atoms with E-state index in [1.807, 2.05) is 0 Å². The zero-order valence-electron chi connectivity index (χ0n) is 8.18. The topological polar surface area (TPSA) is 20.3 Å². The zero-order valence-corrected chi connectivity index (χ0v) is 8.18. The lowest BCUT2D eigenvalue weighted by Gasteiger charge is -2.13. The first-order valence-corrected chi connectivity index (χ1v) is 4.94.